The highest BCUT2D eigenvalue weighted by Gasteiger charge is 2.31. The van der Waals surface area contributed by atoms with E-state index in [4.69, 9.17) is 0 Å². The molecule has 2 aromatic carbocycles. The van der Waals surface area contributed by atoms with Crippen LogP contribution in [0.3, 0.4) is 0 Å². The van der Waals surface area contributed by atoms with Crippen LogP contribution >= 0.6 is 11.3 Å². The molecule has 2 aromatic heterocycles. The average molecular weight is 610 g/mol. The Morgan fingerprint density at radius 3 is 2.28 bits per heavy atom. The maximum atomic E-state index is 13.3. The Morgan fingerprint density at radius 1 is 0.860 bits per heavy atom. The number of piperidine rings is 1. The van der Waals surface area contributed by atoms with Crippen LogP contribution in [-0.2, 0) is 19.3 Å². The lowest BCUT2D eigenvalue weighted by Crippen LogP contribution is -2.48. The maximum absolute atomic E-state index is 13.3. The first-order valence-electron chi connectivity index (χ1n) is 15.0. The van der Waals surface area contributed by atoms with Crippen molar-refractivity contribution >= 4 is 28.3 Å². The molecule has 1 saturated carbocycles. The van der Waals surface area contributed by atoms with Crippen molar-refractivity contribution in [1.82, 2.24) is 34.9 Å². The largest absolute Gasteiger partial charge is 0.416 e. The fourth-order valence-electron chi connectivity index (χ4n) is 6.14. The van der Waals surface area contributed by atoms with Crippen LogP contribution in [0.15, 0.2) is 42.5 Å². The molecule has 0 radical (unpaired) electrons. The summed E-state index contributed by atoms with van der Waals surface area (Å²) >= 11 is 1.77. The summed E-state index contributed by atoms with van der Waals surface area (Å²) in [7, 11) is 0. The summed E-state index contributed by atoms with van der Waals surface area (Å²) in [6, 6.07) is 11.6. The van der Waals surface area contributed by atoms with E-state index in [-0.39, 0.29) is 5.91 Å². The summed E-state index contributed by atoms with van der Waals surface area (Å²) < 4.78 is 38.5. The standard InChI is InChI=1S/C31H34F3N7OS/c32-31(33,34)24-6-1-20(2-7-24)18-40-13-15-41(16-14-40)30(42)28-35-25-8-5-23(17-26(25)36-28)21-9-11-39(12-10-21)19-27-37-38-29(43-27)22-3-4-22/h1-2,5-8,17,21-22H,3-4,9-16,18-19H2,(H,35,36). The minimum atomic E-state index is -4.33. The normalized spacial score (nSPS) is 19.4. The minimum Gasteiger partial charge on any atom is -0.334 e. The molecule has 0 unspecified atom stereocenters. The van der Waals surface area contributed by atoms with Gasteiger partial charge in [0, 0.05) is 38.6 Å². The Kier molecular flexibility index (Phi) is 7.68. The van der Waals surface area contributed by atoms with Crippen molar-refractivity contribution in [2.45, 2.75) is 56.8 Å². The highest BCUT2D eigenvalue weighted by molar-refractivity contribution is 7.11. The van der Waals surface area contributed by atoms with Gasteiger partial charge in [-0.05, 0) is 80.1 Å². The predicted octanol–water partition coefficient (Wildman–Crippen LogP) is 5.65. The van der Waals surface area contributed by atoms with Crippen LogP contribution in [0, 0.1) is 0 Å². The number of amides is 1. The number of rotatable bonds is 7. The number of aromatic nitrogens is 4. The van der Waals surface area contributed by atoms with E-state index in [0.717, 1.165) is 66.2 Å². The number of piperazine rings is 1. The number of imidazole rings is 1. The summed E-state index contributed by atoms with van der Waals surface area (Å²) in [5, 5.41) is 11.1. The number of likely N-dealkylation sites (tertiary alicyclic amines) is 1. The van der Waals surface area contributed by atoms with Gasteiger partial charge in [-0.2, -0.15) is 13.2 Å². The lowest BCUT2D eigenvalue weighted by molar-refractivity contribution is -0.137. The summed E-state index contributed by atoms with van der Waals surface area (Å²) in [5.74, 6) is 1.35. The molecule has 7 rings (SSSR count). The molecule has 0 spiro atoms. The number of carbonyl (C=O) groups excluding carboxylic acids is 1. The Bertz CT molecular complexity index is 1580. The minimum absolute atomic E-state index is 0.123. The van der Waals surface area contributed by atoms with E-state index in [9.17, 15) is 18.0 Å². The number of H-pyrrole nitrogens is 1. The summed E-state index contributed by atoms with van der Waals surface area (Å²) in [4.78, 5) is 27.6. The van der Waals surface area contributed by atoms with Gasteiger partial charge in [0.25, 0.3) is 5.91 Å². The summed E-state index contributed by atoms with van der Waals surface area (Å²) in [6.07, 6.45) is 0.336. The lowest BCUT2D eigenvalue weighted by atomic mass is 9.89. The van der Waals surface area contributed by atoms with E-state index in [1.54, 1.807) is 16.2 Å². The fraction of sp³-hybridized carbons (Fsp3) is 0.484. The fourth-order valence-corrected chi connectivity index (χ4v) is 7.19. The zero-order valence-electron chi connectivity index (χ0n) is 23.8. The van der Waals surface area contributed by atoms with Crippen LogP contribution in [0.4, 0.5) is 13.2 Å². The molecule has 4 heterocycles. The van der Waals surface area contributed by atoms with Gasteiger partial charge in [0.15, 0.2) is 5.82 Å². The number of carbonyl (C=O) groups is 1. The van der Waals surface area contributed by atoms with Crippen molar-refractivity contribution < 1.29 is 18.0 Å². The Hall–Kier alpha value is -3.35. The molecule has 2 aliphatic heterocycles. The molecular weight excluding hydrogens is 575 g/mol. The highest BCUT2D eigenvalue weighted by Crippen LogP contribution is 2.41. The van der Waals surface area contributed by atoms with Crippen LogP contribution in [0.1, 0.15) is 74.8 Å². The second-order valence-electron chi connectivity index (χ2n) is 12.0. The monoisotopic (exact) mass is 609 g/mol. The van der Waals surface area contributed by atoms with Gasteiger partial charge in [-0.1, -0.05) is 29.5 Å². The van der Waals surface area contributed by atoms with Crippen molar-refractivity contribution in [3.63, 3.8) is 0 Å². The van der Waals surface area contributed by atoms with Gasteiger partial charge < -0.3 is 9.88 Å². The third-order valence-electron chi connectivity index (χ3n) is 8.88. The van der Waals surface area contributed by atoms with Crippen molar-refractivity contribution in [3.8, 4) is 0 Å². The summed E-state index contributed by atoms with van der Waals surface area (Å²) in [6.45, 7) is 5.87. The first-order valence-corrected chi connectivity index (χ1v) is 15.8. The predicted molar refractivity (Wildman–Crippen MR) is 158 cm³/mol. The number of aromatic amines is 1. The van der Waals surface area contributed by atoms with E-state index in [2.05, 4.69) is 42.1 Å². The first-order chi connectivity index (χ1) is 20.8. The molecule has 226 valence electrons. The molecule has 8 nitrogen and oxygen atoms in total. The molecule has 3 aliphatic rings. The van der Waals surface area contributed by atoms with Crippen molar-refractivity contribution in [2.75, 3.05) is 39.3 Å². The molecule has 43 heavy (non-hydrogen) atoms. The van der Waals surface area contributed by atoms with Crippen LogP contribution in [0.5, 0.6) is 0 Å². The Morgan fingerprint density at radius 2 is 1.58 bits per heavy atom. The zero-order valence-corrected chi connectivity index (χ0v) is 24.6. The van der Waals surface area contributed by atoms with E-state index in [0.29, 0.717) is 50.4 Å². The molecule has 0 bridgehead atoms. The molecule has 12 heteroatoms. The number of fused-ring (bicyclic) bond motifs is 1. The van der Waals surface area contributed by atoms with Crippen LogP contribution in [0.2, 0.25) is 0 Å². The van der Waals surface area contributed by atoms with Gasteiger partial charge in [0.2, 0.25) is 0 Å². The van der Waals surface area contributed by atoms with Gasteiger partial charge in [0.1, 0.15) is 10.0 Å². The average Bonchev–Trinajstić information content (AvgIpc) is 3.60. The molecular formula is C31H34F3N7OS. The van der Waals surface area contributed by atoms with E-state index in [1.165, 1.54) is 35.5 Å². The number of halogens is 3. The Labute approximate surface area is 251 Å². The number of benzene rings is 2. The molecule has 2 saturated heterocycles. The first kappa shape index (κ1) is 28.4. The second-order valence-corrected chi connectivity index (χ2v) is 13.1. The smallest absolute Gasteiger partial charge is 0.334 e. The zero-order chi connectivity index (χ0) is 29.6. The third kappa shape index (κ3) is 6.46. The molecule has 1 amide bonds. The number of hydrogen-bond acceptors (Lipinski definition) is 7. The van der Waals surface area contributed by atoms with Crippen molar-refractivity contribution in [2.24, 2.45) is 0 Å². The molecule has 1 N–H and O–H groups in total. The number of hydrogen-bond donors (Lipinski definition) is 1. The maximum Gasteiger partial charge on any atom is 0.416 e. The SMILES string of the molecule is O=C(c1nc2ccc(C3CCN(Cc4nnc(C5CC5)s4)CC3)cc2[nH]1)N1CCN(Cc2ccc(C(F)(F)F)cc2)CC1. The lowest BCUT2D eigenvalue weighted by Gasteiger charge is -2.34. The van der Waals surface area contributed by atoms with E-state index >= 15 is 0 Å². The molecule has 3 fully saturated rings. The van der Waals surface area contributed by atoms with E-state index in [1.807, 2.05) is 6.07 Å². The van der Waals surface area contributed by atoms with E-state index < -0.39 is 11.7 Å². The van der Waals surface area contributed by atoms with Gasteiger partial charge in [-0.3, -0.25) is 14.6 Å². The van der Waals surface area contributed by atoms with Crippen LogP contribution in [0.25, 0.3) is 11.0 Å². The quantitative estimate of drug-likeness (QED) is 0.292. The number of nitrogens with one attached hydrogen (secondary N) is 1. The third-order valence-corrected chi connectivity index (χ3v) is 9.95. The number of nitrogens with zero attached hydrogens (tertiary/aromatic N) is 6. The van der Waals surface area contributed by atoms with Gasteiger partial charge in [0.05, 0.1) is 23.1 Å². The molecule has 0 atom stereocenters. The van der Waals surface area contributed by atoms with Crippen molar-refractivity contribution in [3.05, 3.63) is 75.0 Å². The van der Waals surface area contributed by atoms with Gasteiger partial charge in [-0.25, -0.2) is 4.98 Å². The second kappa shape index (κ2) is 11.6. The topological polar surface area (TPSA) is 81.2 Å². The van der Waals surface area contributed by atoms with Crippen molar-refractivity contribution in [1.29, 1.82) is 0 Å². The molecule has 1 aliphatic carbocycles. The Balaban J connectivity index is 0.915. The van der Waals surface area contributed by atoms with Gasteiger partial charge >= 0.3 is 6.18 Å². The van der Waals surface area contributed by atoms with Gasteiger partial charge in [-0.15, -0.1) is 10.2 Å². The van der Waals surface area contributed by atoms with Crippen LogP contribution in [-0.4, -0.2) is 80.0 Å². The summed E-state index contributed by atoms with van der Waals surface area (Å²) in [5.41, 5.74) is 3.13. The molecule has 4 aromatic rings. The highest BCUT2D eigenvalue weighted by atomic mass is 32.1. The number of alkyl halides is 3. The van der Waals surface area contributed by atoms with Crippen LogP contribution < -0.4 is 0 Å².